The van der Waals surface area contributed by atoms with E-state index in [0.717, 1.165) is 37.3 Å². The van der Waals surface area contributed by atoms with E-state index in [1.807, 2.05) is 48.5 Å². The molecule has 1 aliphatic heterocycles. The number of methoxy groups -OCH3 is 1. The van der Waals surface area contributed by atoms with E-state index in [1.165, 1.54) is 0 Å². The van der Waals surface area contributed by atoms with Crippen molar-refractivity contribution in [3.05, 3.63) is 59.7 Å². The zero-order valence-corrected chi connectivity index (χ0v) is 14.6. The number of rotatable bonds is 7. The van der Waals surface area contributed by atoms with Crippen LogP contribution >= 0.6 is 0 Å². The minimum absolute atomic E-state index is 0.237. The van der Waals surface area contributed by atoms with Gasteiger partial charge in [0.15, 0.2) is 11.5 Å². The molecular weight excluding hydrogens is 319 g/mol. The first-order valence-electron chi connectivity index (χ1n) is 8.67. The first-order chi connectivity index (χ1) is 12.3. The van der Waals surface area contributed by atoms with Crippen molar-refractivity contribution in [1.82, 2.24) is 10.2 Å². The Balaban J connectivity index is 1.73. The standard InChI is InChI=1S/C20H25FN2O2/c1-24-20-13-17(18(14-21)23-11-9-22-10-12-23)7-8-19(20)25-15-16-5-3-2-4-6-16/h2-8,13,18,22H,9-12,14-15H2,1H3/t18-/m0/s1. The summed E-state index contributed by atoms with van der Waals surface area (Å²) in [6, 6.07) is 15.5. The van der Waals surface area contributed by atoms with Crippen molar-refractivity contribution in [1.29, 1.82) is 0 Å². The van der Waals surface area contributed by atoms with Crippen LogP contribution in [0.4, 0.5) is 4.39 Å². The Morgan fingerprint density at radius 2 is 1.84 bits per heavy atom. The molecule has 3 rings (SSSR count). The molecule has 0 spiro atoms. The molecule has 0 saturated carbocycles. The number of hydrogen-bond donors (Lipinski definition) is 1. The largest absolute Gasteiger partial charge is 0.493 e. The Bertz CT molecular complexity index is 660. The number of halogens is 1. The van der Waals surface area contributed by atoms with Crippen LogP contribution in [0.2, 0.25) is 0 Å². The third-order valence-electron chi connectivity index (χ3n) is 4.55. The number of ether oxygens (including phenoxy) is 2. The lowest BCUT2D eigenvalue weighted by Crippen LogP contribution is -2.45. The second-order valence-electron chi connectivity index (χ2n) is 6.14. The third-order valence-corrected chi connectivity index (χ3v) is 4.55. The van der Waals surface area contributed by atoms with Gasteiger partial charge in [0.05, 0.1) is 13.2 Å². The molecule has 0 radical (unpaired) electrons. The first kappa shape index (κ1) is 17.7. The molecule has 0 aliphatic carbocycles. The monoisotopic (exact) mass is 344 g/mol. The van der Waals surface area contributed by atoms with Crippen LogP contribution in [0.15, 0.2) is 48.5 Å². The minimum Gasteiger partial charge on any atom is -0.493 e. The second-order valence-corrected chi connectivity index (χ2v) is 6.14. The van der Waals surface area contributed by atoms with Crippen molar-refractivity contribution in [2.75, 3.05) is 40.0 Å². The molecule has 1 atom stereocenters. The summed E-state index contributed by atoms with van der Waals surface area (Å²) in [5.41, 5.74) is 2.02. The van der Waals surface area contributed by atoms with E-state index in [-0.39, 0.29) is 6.04 Å². The summed E-state index contributed by atoms with van der Waals surface area (Å²) in [7, 11) is 1.61. The molecule has 0 bridgehead atoms. The maximum atomic E-state index is 13.7. The Hall–Kier alpha value is -2.11. The van der Waals surface area contributed by atoms with Crippen LogP contribution in [0, 0.1) is 0 Å². The zero-order chi connectivity index (χ0) is 17.5. The summed E-state index contributed by atoms with van der Waals surface area (Å²) < 4.78 is 25.1. The summed E-state index contributed by atoms with van der Waals surface area (Å²) in [5.74, 6) is 1.31. The maximum absolute atomic E-state index is 13.7. The van der Waals surface area contributed by atoms with E-state index in [4.69, 9.17) is 9.47 Å². The average Bonchev–Trinajstić information content (AvgIpc) is 2.69. The first-order valence-corrected chi connectivity index (χ1v) is 8.67. The van der Waals surface area contributed by atoms with Crippen molar-refractivity contribution in [2.45, 2.75) is 12.6 Å². The molecule has 1 aliphatic rings. The fourth-order valence-corrected chi connectivity index (χ4v) is 3.14. The Kier molecular flexibility index (Phi) is 6.25. The summed E-state index contributed by atoms with van der Waals surface area (Å²) in [4.78, 5) is 2.18. The molecule has 0 aromatic heterocycles. The third kappa shape index (κ3) is 4.50. The van der Waals surface area contributed by atoms with E-state index in [1.54, 1.807) is 7.11 Å². The Morgan fingerprint density at radius 3 is 2.52 bits per heavy atom. The van der Waals surface area contributed by atoms with Crippen molar-refractivity contribution in [3.63, 3.8) is 0 Å². The molecule has 2 aromatic carbocycles. The lowest BCUT2D eigenvalue weighted by Gasteiger charge is -2.33. The van der Waals surface area contributed by atoms with Gasteiger partial charge in [-0.2, -0.15) is 0 Å². The molecule has 1 fully saturated rings. The quantitative estimate of drug-likeness (QED) is 0.836. The lowest BCUT2D eigenvalue weighted by atomic mass is 10.0. The number of nitrogens with zero attached hydrogens (tertiary/aromatic N) is 1. The van der Waals surface area contributed by atoms with Gasteiger partial charge < -0.3 is 14.8 Å². The Morgan fingerprint density at radius 1 is 1.08 bits per heavy atom. The molecule has 0 unspecified atom stereocenters. The maximum Gasteiger partial charge on any atom is 0.161 e. The Labute approximate surface area is 148 Å². The van der Waals surface area contributed by atoms with Gasteiger partial charge >= 0.3 is 0 Å². The summed E-state index contributed by atoms with van der Waals surface area (Å²) in [6.45, 7) is 3.55. The lowest BCUT2D eigenvalue weighted by molar-refractivity contribution is 0.147. The molecule has 4 nitrogen and oxygen atoms in total. The topological polar surface area (TPSA) is 33.7 Å². The van der Waals surface area contributed by atoms with Crippen molar-refractivity contribution in [2.24, 2.45) is 0 Å². The predicted octanol–water partition coefficient (Wildman–Crippen LogP) is 3.19. The molecule has 0 amide bonds. The normalized spacial score (nSPS) is 16.4. The average molecular weight is 344 g/mol. The predicted molar refractivity (Wildman–Crippen MR) is 96.9 cm³/mol. The summed E-state index contributed by atoms with van der Waals surface area (Å²) in [6.07, 6.45) is 0. The van der Waals surface area contributed by atoms with Gasteiger partial charge in [-0.15, -0.1) is 0 Å². The van der Waals surface area contributed by atoms with Crippen LogP contribution in [0.25, 0.3) is 0 Å². The van der Waals surface area contributed by atoms with Gasteiger partial charge in [-0.05, 0) is 23.3 Å². The van der Waals surface area contributed by atoms with Gasteiger partial charge in [-0.25, -0.2) is 4.39 Å². The van der Waals surface area contributed by atoms with Crippen molar-refractivity contribution < 1.29 is 13.9 Å². The zero-order valence-electron chi connectivity index (χ0n) is 14.6. The van der Waals surface area contributed by atoms with Crippen LogP contribution in [0.3, 0.4) is 0 Å². The summed E-state index contributed by atoms with van der Waals surface area (Å²) >= 11 is 0. The molecule has 5 heteroatoms. The van der Waals surface area contributed by atoms with Crippen molar-refractivity contribution >= 4 is 0 Å². The number of benzene rings is 2. The molecular formula is C20H25FN2O2. The van der Waals surface area contributed by atoms with Crippen LogP contribution < -0.4 is 14.8 Å². The van der Waals surface area contributed by atoms with Gasteiger partial charge in [-0.1, -0.05) is 36.4 Å². The SMILES string of the molecule is COc1cc([C@H](CF)N2CCNCC2)ccc1OCc1ccccc1. The molecule has 1 heterocycles. The molecule has 134 valence electrons. The second kappa shape index (κ2) is 8.83. The van der Waals surface area contributed by atoms with Crippen LogP contribution in [0.5, 0.6) is 11.5 Å². The van der Waals surface area contributed by atoms with E-state index in [2.05, 4.69) is 10.2 Å². The minimum atomic E-state index is -0.409. The summed E-state index contributed by atoms with van der Waals surface area (Å²) in [5, 5.41) is 3.30. The molecule has 25 heavy (non-hydrogen) atoms. The highest BCUT2D eigenvalue weighted by Crippen LogP contribution is 2.33. The van der Waals surface area contributed by atoms with Crippen LogP contribution in [-0.2, 0) is 6.61 Å². The van der Waals surface area contributed by atoms with Crippen LogP contribution in [-0.4, -0.2) is 44.9 Å². The highest BCUT2D eigenvalue weighted by atomic mass is 19.1. The van der Waals surface area contributed by atoms with Gasteiger partial charge in [0.1, 0.15) is 13.3 Å². The molecule has 1 saturated heterocycles. The highest BCUT2D eigenvalue weighted by Gasteiger charge is 2.23. The van der Waals surface area contributed by atoms with E-state index in [0.29, 0.717) is 18.1 Å². The fourth-order valence-electron chi connectivity index (χ4n) is 3.14. The fraction of sp³-hybridized carbons (Fsp3) is 0.400. The van der Waals surface area contributed by atoms with Gasteiger partial charge in [0.25, 0.3) is 0 Å². The van der Waals surface area contributed by atoms with Gasteiger partial charge in [-0.3, -0.25) is 4.90 Å². The van der Waals surface area contributed by atoms with Gasteiger partial charge in [0, 0.05) is 26.2 Å². The molecule has 2 aromatic rings. The number of hydrogen-bond acceptors (Lipinski definition) is 4. The van der Waals surface area contributed by atoms with E-state index in [9.17, 15) is 4.39 Å². The van der Waals surface area contributed by atoms with Crippen LogP contribution in [0.1, 0.15) is 17.2 Å². The highest BCUT2D eigenvalue weighted by molar-refractivity contribution is 5.44. The van der Waals surface area contributed by atoms with E-state index < -0.39 is 6.67 Å². The van der Waals surface area contributed by atoms with E-state index >= 15 is 0 Å². The number of piperazine rings is 1. The number of alkyl halides is 1. The number of nitrogens with one attached hydrogen (secondary N) is 1. The van der Waals surface area contributed by atoms with Gasteiger partial charge in [0.2, 0.25) is 0 Å². The van der Waals surface area contributed by atoms with Crippen molar-refractivity contribution in [3.8, 4) is 11.5 Å². The molecule has 1 N–H and O–H groups in total. The smallest absolute Gasteiger partial charge is 0.161 e.